The van der Waals surface area contributed by atoms with Crippen molar-refractivity contribution in [1.82, 2.24) is 10.6 Å². The minimum absolute atomic E-state index is 0.0528. The quantitative estimate of drug-likeness (QED) is 0.352. The minimum atomic E-state index is -0.0528. The Labute approximate surface area is 140 Å². The first-order valence-electron chi connectivity index (χ1n) is 8.42. The third-order valence-electron chi connectivity index (χ3n) is 4.34. The third kappa shape index (κ3) is 6.59. The van der Waals surface area contributed by atoms with Crippen LogP contribution in [0.25, 0.3) is 0 Å². The van der Waals surface area contributed by atoms with Gasteiger partial charge in [0.25, 0.3) is 0 Å². The number of rotatable bonds is 10. The second kappa shape index (κ2) is 10.2. The number of aliphatic imine (C=N–C) groups is 1. The molecule has 5 nitrogen and oxygen atoms in total. The predicted molar refractivity (Wildman–Crippen MR) is 97.7 cm³/mol. The number of ether oxygens (including phenoxy) is 1. The lowest BCUT2D eigenvalue weighted by Crippen LogP contribution is -2.49. The maximum atomic E-state index is 5.93. The van der Waals surface area contributed by atoms with Crippen LogP contribution < -0.4 is 16.4 Å². The van der Waals surface area contributed by atoms with Gasteiger partial charge in [-0.1, -0.05) is 44.2 Å². The van der Waals surface area contributed by atoms with E-state index < -0.39 is 0 Å². The molecule has 1 unspecified atom stereocenters. The molecule has 0 spiro atoms. The summed E-state index contributed by atoms with van der Waals surface area (Å²) >= 11 is 0. The van der Waals surface area contributed by atoms with E-state index in [1.807, 2.05) is 6.07 Å². The third-order valence-corrected chi connectivity index (χ3v) is 4.34. The molecular formula is C18H32N4O. The summed E-state index contributed by atoms with van der Waals surface area (Å²) in [6, 6.07) is 10.8. The molecule has 0 amide bonds. The van der Waals surface area contributed by atoms with Gasteiger partial charge >= 0.3 is 0 Å². The number of benzene rings is 1. The average molecular weight is 320 g/mol. The Bertz CT molecular complexity index is 457. The van der Waals surface area contributed by atoms with Gasteiger partial charge in [0, 0.05) is 25.2 Å². The summed E-state index contributed by atoms with van der Waals surface area (Å²) in [5.41, 5.74) is 7.16. The Balaban J connectivity index is 2.69. The number of hydrogen-bond donors (Lipinski definition) is 3. The molecule has 0 saturated carbocycles. The normalized spacial score (nSPS) is 13.8. The predicted octanol–water partition coefficient (Wildman–Crippen LogP) is 2.45. The molecule has 0 bridgehead atoms. The number of nitrogens with one attached hydrogen (secondary N) is 2. The molecule has 0 aliphatic rings. The lowest BCUT2D eigenvalue weighted by atomic mass is 9.91. The van der Waals surface area contributed by atoms with E-state index in [-0.39, 0.29) is 11.6 Å². The van der Waals surface area contributed by atoms with Crippen LogP contribution in [0.3, 0.4) is 0 Å². The van der Waals surface area contributed by atoms with E-state index in [9.17, 15) is 0 Å². The zero-order chi connectivity index (χ0) is 17.1. The molecule has 4 N–H and O–H groups in total. The van der Waals surface area contributed by atoms with Crippen molar-refractivity contribution in [1.29, 1.82) is 0 Å². The molecule has 0 saturated heterocycles. The lowest BCUT2D eigenvalue weighted by Gasteiger charge is -2.35. The van der Waals surface area contributed by atoms with E-state index in [1.54, 1.807) is 7.11 Å². The van der Waals surface area contributed by atoms with Gasteiger partial charge in [-0.25, -0.2) is 0 Å². The van der Waals surface area contributed by atoms with Gasteiger partial charge in [0.05, 0.1) is 13.2 Å². The molecule has 0 aliphatic carbocycles. The van der Waals surface area contributed by atoms with E-state index in [0.29, 0.717) is 25.7 Å². The van der Waals surface area contributed by atoms with Crippen LogP contribution in [-0.2, 0) is 4.74 Å². The SMILES string of the molecule is CCC(CC)(CN=C(N)NCCOC)NC(C)c1ccccc1. The van der Waals surface area contributed by atoms with Gasteiger partial charge in [-0.3, -0.25) is 4.99 Å². The number of nitrogens with two attached hydrogens (primary N) is 1. The first kappa shape index (κ1) is 19.5. The van der Waals surface area contributed by atoms with Crippen LogP contribution in [0.15, 0.2) is 35.3 Å². The van der Waals surface area contributed by atoms with Gasteiger partial charge in [-0.2, -0.15) is 0 Å². The first-order chi connectivity index (χ1) is 11.1. The zero-order valence-corrected chi connectivity index (χ0v) is 14.9. The number of guanidine groups is 1. The second-order valence-corrected chi connectivity index (χ2v) is 5.89. The van der Waals surface area contributed by atoms with Crippen LogP contribution in [0, 0.1) is 0 Å². The van der Waals surface area contributed by atoms with Crippen LogP contribution in [-0.4, -0.2) is 38.3 Å². The van der Waals surface area contributed by atoms with Crippen molar-refractivity contribution < 1.29 is 4.74 Å². The van der Waals surface area contributed by atoms with Gasteiger partial charge in [-0.05, 0) is 25.3 Å². The second-order valence-electron chi connectivity index (χ2n) is 5.89. The fourth-order valence-corrected chi connectivity index (χ4v) is 2.58. The molecule has 5 heteroatoms. The molecule has 0 aliphatic heterocycles. The molecule has 1 aromatic carbocycles. The average Bonchev–Trinajstić information content (AvgIpc) is 2.59. The Kier molecular flexibility index (Phi) is 8.66. The largest absolute Gasteiger partial charge is 0.383 e. The van der Waals surface area contributed by atoms with Crippen molar-refractivity contribution in [2.75, 3.05) is 26.8 Å². The van der Waals surface area contributed by atoms with E-state index in [4.69, 9.17) is 10.5 Å². The van der Waals surface area contributed by atoms with Crippen LogP contribution >= 0.6 is 0 Å². The van der Waals surface area contributed by atoms with Gasteiger partial charge < -0.3 is 21.1 Å². The topological polar surface area (TPSA) is 71.7 Å². The van der Waals surface area contributed by atoms with Crippen molar-refractivity contribution in [3.05, 3.63) is 35.9 Å². The van der Waals surface area contributed by atoms with Crippen molar-refractivity contribution in [3.63, 3.8) is 0 Å². The van der Waals surface area contributed by atoms with Gasteiger partial charge in [0.15, 0.2) is 5.96 Å². The van der Waals surface area contributed by atoms with Gasteiger partial charge in [0.1, 0.15) is 0 Å². The summed E-state index contributed by atoms with van der Waals surface area (Å²) in [6.45, 7) is 8.52. The standard InChI is InChI=1S/C18H32N4O/c1-5-18(6-2,14-21-17(19)20-12-13-23-4)22-15(3)16-10-8-7-9-11-16/h7-11,15,22H,5-6,12-14H2,1-4H3,(H3,19,20,21). The number of hydrogen-bond acceptors (Lipinski definition) is 3. The first-order valence-corrected chi connectivity index (χ1v) is 8.42. The fourth-order valence-electron chi connectivity index (χ4n) is 2.58. The summed E-state index contributed by atoms with van der Waals surface area (Å²) in [6.07, 6.45) is 1.99. The van der Waals surface area contributed by atoms with Crippen LogP contribution in [0.1, 0.15) is 45.2 Å². The van der Waals surface area contributed by atoms with Gasteiger partial charge in [-0.15, -0.1) is 0 Å². The summed E-state index contributed by atoms with van der Waals surface area (Å²) in [4.78, 5) is 4.52. The van der Waals surface area contributed by atoms with Crippen LogP contribution in [0.5, 0.6) is 0 Å². The van der Waals surface area contributed by atoms with Crippen LogP contribution in [0.2, 0.25) is 0 Å². The Morgan fingerprint density at radius 1 is 1.26 bits per heavy atom. The van der Waals surface area contributed by atoms with Crippen molar-refractivity contribution in [2.24, 2.45) is 10.7 Å². The molecule has 0 aromatic heterocycles. The highest BCUT2D eigenvalue weighted by Gasteiger charge is 2.27. The molecule has 1 rings (SSSR count). The molecule has 0 heterocycles. The monoisotopic (exact) mass is 320 g/mol. The Morgan fingerprint density at radius 2 is 1.91 bits per heavy atom. The fraction of sp³-hybridized carbons (Fsp3) is 0.611. The van der Waals surface area contributed by atoms with E-state index in [1.165, 1.54) is 5.56 Å². The van der Waals surface area contributed by atoms with Crippen LogP contribution in [0.4, 0.5) is 0 Å². The Morgan fingerprint density at radius 3 is 2.48 bits per heavy atom. The minimum Gasteiger partial charge on any atom is -0.383 e. The van der Waals surface area contributed by atoms with Crippen molar-refractivity contribution in [3.8, 4) is 0 Å². The molecule has 130 valence electrons. The highest BCUT2D eigenvalue weighted by atomic mass is 16.5. The highest BCUT2D eigenvalue weighted by Crippen LogP contribution is 2.22. The van der Waals surface area contributed by atoms with E-state index >= 15 is 0 Å². The van der Waals surface area contributed by atoms with Crippen molar-refractivity contribution >= 4 is 5.96 Å². The van der Waals surface area contributed by atoms with Gasteiger partial charge in [0.2, 0.25) is 0 Å². The summed E-state index contributed by atoms with van der Waals surface area (Å²) in [7, 11) is 1.67. The number of nitrogens with zero attached hydrogens (tertiary/aromatic N) is 1. The highest BCUT2D eigenvalue weighted by molar-refractivity contribution is 5.77. The summed E-state index contributed by atoms with van der Waals surface area (Å²) in [5.74, 6) is 0.475. The Hall–Kier alpha value is -1.59. The summed E-state index contributed by atoms with van der Waals surface area (Å²) < 4.78 is 5.00. The molecular weight excluding hydrogens is 288 g/mol. The smallest absolute Gasteiger partial charge is 0.188 e. The maximum Gasteiger partial charge on any atom is 0.188 e. The van der Waals surface area contributed by atoms with E-state index in [0.717, 1.165) is 12.8 Å². The zero-order valence-electron chi connectivity index (χ0n) is 14.9. The molecule has 23 heavy (non-hydrogen) atoms. The molecule has 0 radical (unpaired) electrons. The molecule has 0 fully saturated rings. The van der Waals surface area contributed by atoms with E-state index in [2.05, 4.69) is 60.7 Å². The van der Waals surface area contributed by atoms with Crippen molar-refractivity contribution in [2.45, 2.75) is 45.2 Å². The summed E-state index contributed by atoms with van der Waals surface area (Å²) in [5, 5.41) is 6.82. The molecule has 1 aromatic rings. The lowest BCUT2D eigenvalue weighted by molar-refractivity contribution is 0.203. The molecule has 1 atom stereocenters. The maximum absolute atomic E-state index is 5.93. The number of methoxy groups -OCH3 is 1.